The minimum absolute atomic E-state index is 0.0674. The molecule has 0 spiro atoms. The second-order valence-corrected chi connectivity index (χ2v) is 5.50. The van der Waals surface area contributed by atoms with Gasteiger partial charge in [0.2, 0.25) is 0 Å². The number of nitrogens with one attached hydrogen (secondary N) is 2. The summed E-state index contributed by atoms with van der Waals surface area (Å²) in [5.41, 5.74) is 1.03. The zero-order valence-electron chi connectivity index (χ0n) is 13.1. The van der Waals surface area contributed by atoms with Crippen LogP contribution in [0.2, 0.25) is 0 Å². The highest BCUT2D eigenvalue weighted by atomic mass is 16.5. The van der Waals surface area contributed by atoms with Crippen LogP contribution in [0.15, 0.2) is 23.0 Å². The van der Waals surface area contributed by atoms with Crippen molar-refractivity contribution in [2.45, 2.75) is 32.4 Å². The number of hydrogen-bond donors (Lipinski definition) is 2. The maximum Gasteiger partial charge on any atom is 0.256 e. The van der Waals surface area contributed by atoms with Gasteiger partial charge in [0.05, 0.1) is 24.4 Å². The fraction of sp³-hybridized carbons (Fsp3) is 0.467. The first kappa shape index (κ1) is 15.4. The van der Waals surface area contributed by atoms with E-state index in [9.17, 15) is 4.79 Å². The third-order valence-electron chi connectivity index (χ3n) is 3.78. The van der Waals surface area contributed by atoms with Crippen molar-refractivity contribution in [1.29, 1.82) is 0 Å². The van der Waals surface area contributed by atoms with Gasteiger partial charge in [-0.05, 0) is 26.3 Å². The monoisotopic (exact) mass is 317 g/mol. The molecule has 1 fully saturated rings. The van der Waals surface area contributed by atoms with E-state index >= 15 is 0 Å². The molecule has 122 valence electrons. The first-order chi connectivity index (χ1) is 11.1. The van der Waals surface area contributed by atoms with Gasteiger partial charge >= 0.3 is 0 Å². The molecule has 0 bridgehead atoms. The van der Waals surface area contributed by atoms with E-state index in [2.05, 4.69) is 25.8 Å². The van der Waals surface area contributed by atoms with E-state index < -0.39 is 0 Å². The molecule has 1 aliphatic rings. The van der Waals surface area contributed by atoms with Crippen LogP contribution in [0, 0.1) is 13.8 Å². The zero-order valence-corrected chi connectivity index (χ0v) is 13.1. The Morgan fingerprint density at radius 1 is 1.35 bits per heavy atom. The Morgan fingerprint density at radius 2 is 2.22 bits per heavy atom. The molecule has 3 heterocycles. The summed E-state index contributed by atoms with van der Waals surface area (Å²) in [6.45, 7) is 4.67. The summed E-state index contributed by atoms with van der Waals surface area (Å²) in [6, 6.07) is 1.66. The standard InChI is InChI=1S/C15H19N5O3/c1-9-11(7-23-20-9)15(21)19-12-4-6-22-8-13(12)18-14-3-5-16-10(2)17-14/h3,5,7,12-13H,4,6,8H2,1-2H3,(H,19,21)(H,16,17,18)/t12-,13+/m0/s1. The van der Waals surface area contributed by atoms with Gasteiger partial charge in [-0.1, -0.05) is 5.16 Å². The van der Waals surface area contributed by atoms with Crippen LogP contribution in [0.1, 0.15) is 28.3 Å². The number of nitrogens with zero attached hydrogens (tertiary/aromatic N) is 3. The van der Waals surface area contributed by atoms with Crippen LogP contribution in [-0.2, 0) is 4.74 Å². The summed E-state index contributed by atoms with van der Waals surface area (Å²) < 4.78 is 10.3. The molecule has 1 aliphatic heterocycles. The van der Waals surface area contributed by atoms with Crippen molar-refractivity contribution < 1.29 is 14.1 Å². The van der Waals surface area contributed by atoms with Gasteiger partial charge in [0.25, 0.3) is 5.91 Å². The third-order valence-corrected chi connectivity index (χ3v) is 3.78. The summed E-state index contributed by atoms with van der Waals surface area (Å²) in [5.74, 6) is 1.21. The summed E-state index contributed by atoms with van der Waals surface area (Å²) >= 11 is 0. The lowest BCUT2D eigenvalue weighted by molar-refractivity contribution is 0.0619. The van der Waals surface area contributed by atoms with Gasteiger partial charge < -0.3 is 19.9 Å². The van der Waals surface area contributed by atoms with Crippen LogP contribution in [-0.4, -0.2) is 46.3 Å². The molecular formula is C15H19N5O3. The molecule has 2 N–H and O–H groups in total. The van der Waals surface area contributed by atoms with Crippen molar-refractivity contribution in [1.82, 2.24) is 20.4 Å². The van der Waals surface area contributed by atoms with Crippen LogP contribution in [0.4, 0.5) is 5.82 Å². The Balaban J connectivity index is 1.69. The number of rotatable bonds is 4. The Labute approximate surface area is 133 Å². The van der Waals surface area contributed by atoms with Crippen molar-refractivity contribution >= 4 is 11.7 Å². The molecule has 0 radical (unpaired) electrons. The van der Waals surface area contributed by atoms with Crippen LogP contribution >= 0.6 is 0 Å². The van der Waals surface area contributed by atoms with Gasteiger partial charge in [-0.3, -0.25) is 4.79 Å². The molecule has 3 rings (SSSR count). The van der Waals surface area contributed by atoms with Crippen molar-refractivity contribution in [2.75, 3.05) is 18.5 Å². The number of amides is 1. The summed E-state index contributed by atoms with van der Waals surface area (Å²) in [4.78, 5) is 20.7. The molecule has 1 saturated heterocycles. The van der Waals surface area contributed by atoms with Crippen molar-refractivity contribution in [3.8, 4) is 0 Å². The molecule has 0 unspecified atom stereocenters. The normalized spacial score (nSPS) is 21.0. The number of carbonyl (C=O) groups excluding carboxylic acids is 1. The summed E-state index contributed by atoms with van der Waals surface area (Å²) in [7, 11) is 0. The number of carbonyl (C=O) groups is 1. The van der Waals surface area contributed by atoms with Gasteiger partial charge in [-0.15, -0.1) is 0 Å². The average molecular weight is 317 g/mol. The number of aromatic nitrogens is 3. The molecule has 0 aliphatic carbocycles. The predicted octanol–water partition coefficient (Wildman–Crippen LogP) is 1.08. The molecule has 2 aromatic heterocycles. The minimum atomic E-state index is -0.193. The van der Waals surface area contributed by atoms with Crippen molar-refractivity contribution in [3.63, 3.8) is 0 Å². The Kier molecular flexibility index (Phi) is 4.52. The Hall–Kier alpha value is -2.48. The molecular weight excluding hydrogens is 298 g/mol. The maximum atomic E-state index is 12.3. The quantitative estimate of drug-likeness (QED) is 0.870. The van der Waals surface area contributed by atoms with Crippen molar-refractivity contribution in [3.05, 3.63) is 35.6 Å². The predicted molar refractivity (Wildman–Crippen MR) is 82.1 cm³/mol. The second kappa shape index (κ2) is 6.74. The molecule has 0 aromatic carbocycles. The number of anilines is 1. The van der Waals surface area contributed by atoms with Gasteiger partial charge in [0.15, 0.2) is 0 Å². The topological polar surface area (TPSA) is 102 Å². The van der Waals surface area contributed by atoms with Crippen LogP contribution in [0.3, 0.4) is 0 Å². The van der Waals surface area contributed by atoms with E-state index in [0.717, 1.165) is 6.42 Å². The molecule has 23 heavy (non-hydrogen) atoms. The summed E-state index contributed by atoms with van der Waals surface area (Å²) in [6.07, 6.45) is 3.78. The highest BCUT2D eigenvalue weighted by molar-refractivity contribution is 5.95. The molecule has 8 nitrogen and oxygen atoms in total. The minimum Gasteiger partial charge on any atom is -0.379 e. The molecule has 1 amide bonds. The van der Waals surface area contributed by atoms with E-state index in [1.165, 1.54) is 6.26 Å². The molecule has 8 heteroatoms. The van der Waals surface area contributed by atoms with E-state index in [4.69, 9.17) is 9.26 Å². The Morgan fingerprint density at radius 3 is 2.96 bits per heavy atom. The smallest absolute Gasteiger partial charge is 0.256 e. The summed E-state index contributed by atoms with van der Waals surface area (Å²) in [5, 5.41) is 10.1. The lowest BCUT2D eigenvalue weighted by Gasteiger charge is -2.33. The Bertz CT molecular complexity index is 687. The first-order valence-electron chi connectivity index (χ1n) is 7.49. The number of ether oxygens (including phenoxy) is 1. The fourth-order valence-corrected chi connectivity index (χ4v) is 2.54. The van der Waals surface area contributed by atoms with Gasteiger partial charge in [-0.2, -0.15) is 0 Å². The average Bonchev–Trinajstić information content (AvgIpc) is 2.95. The van der Waals surface area contributed by atoms with E-state index in [-0.39, 0.29) is 18.0 Å². The van der Waals surface area contributed by atoms with Crippen LogP contribution in [0.5, 0.6) is 0 Å². The largest absolute Gasteiger partial charge is 0.379 e. The second-order valence-electron chi connectivity index (χ2n) is 5.50. The lowest BCUT2D eigenvalue weighted by atomic mass is 10.0. The molecule has 2 aromatic rings. The third kappa shape index (κ3) is 3.65. The van der Waals surface area contributed by atoms with E-state index in [1.807, 2.05) is 6.92 Å². The number of aryl methyl sites for hydroxylation is 2. The van der Waals surface area contributed by atoms with Gasteiger partial charge in [0, 0.05) is 12.8 Å². The first-order valence-corrected chi connectivity index (χ1v) is 7.49. The SMILES string of the molecule is Cc1nccc(N[C@@H]2COCC[C@@H]2NC(=O)c2conc2C)n1. The fourth-order valence-electron chi connectivity index (χ4n) is 2.54. The molecule has 2 atom stereocenters. The zero-order chi connectivity index (χ0) is 16.2. The number of hydrogen-bond acceptors (Lipinski definition) is 7. The van der Waals surface area contributed by atoms with Crippen LogP contribution in [0.25, 0.3) is 0 Å². The molecule has 0 saturated carbocycles. The van der Waals surface area contributed by atoms with Gasteiger partial charge in [0.1, 0.15) is 23.5 Å². The van der Waals surface area contributed by atoms with Crippen molar-refractivity contribution in [2.24, 2.45) is 0 Å². The van der Waals surface area contributed by atoms with E-state index in [1.54, 1.807) is 19.2 Å². The van der Waals surface area contributed by atoms with Crippen LogP contribution < -0.4 is 10.6 Å². The highest BCUT2D eigenvalue weighted by Crippen LogP contribution is 2.15. The van der Waals surface area contributed by atoms with E-state index in [0.29, 0.717) is 36.1 Å². The lowest BCUT2D eigenvalue weighted by Crippen LogP contribution is -2.52. The highest BCUT2D eigenvalue weighted by Gasteiger charge is 2.28. The van der Waals surface area contributed by atoms with Gasteiger partial charge in [-0.25, -0.2) is 9.97 Å². The maximum absolute atomic E-state index is 12.3.